The quantitative estimate of drug-likeness (QED) is 0.599. The molecule has 0 bridgehead atoms. The molecule has 0 saturated carbocycles. The van der Waals surface area contributed by atoms with Crippen molar-refractivity contribution in [2.75, 3.05) is 37.6 Å². The molecule has 3 heteroatoms. The van der Waals surface area contributed by atoms with Crippen LogP contribution in [0.25, 0.3) is 5.57 Å². The van der Waals surface area contributed by atoms with Crippen LogP contribution in [-0.4, -0.2) is 37.6 Å². The highest BCUT2D eigenvalue weighted by Crippen LogP contribution is 2.44. The molecule has 0 N–H and O–H groups in total. The Kier molecular flexibility index (Phi) is 8.04. The fraction of sp³-hybridized carbons (Fsp3) is 0.652. The van der Waals surface area contributed by atoms with Crippen molar-refractivity contribution in [3.8, 4) is 0 Å². The molecule has 3 rings (SSSR count). The summed E-state index contributed by atoms with van der Waals surface area (Å²) >= 11 is 0. The first-order valence-electron chi connectivity index (χ1n) is 10.5. The molecular weight excluding hydrogens is 340 g/mol. The Morgan fingerprint density at radius 2 is 1.65 bits per heavy atom. The van der Waals surface area contributed by atoms with Crippen molar-refractivity contribution >= 4 is 23.7 Å². The van der Waals surface area contributed by atoms with Crippen molar-refractivity contribution in [3.63, 3.8) is 0 Å². The van der Waals surface area contributed by atoms with Gasteiger partial charge in [-0.1, -0.05) is 57.9 Å². The lowest BCUT2D eigenvalue weighted by molar-refractivity contribution is 0.238. The number of hydrogen-bond acceptors (Lipinski definition) is 2. The lowest BCUT2D eigenvalue weighted by atomic mass is 9.70. The summed E-state index contributed by atoms with van der Waals surface area (Å²) in [6, 6.07) is 9.12. The SMILES string of the molecule is CCCN1CCN(c2ccccc2C2=CCC(CC)(CC)CC2)CC1.Cl. The van der Waals surface area contributed by atoms with Gasteiger partial charge in [0, 0.05) is 37.4 Å². The van der Waals surface area contributed by atoms with Crippen LogP contribution >= 0.6 is 12.4 Å². The maximum atomic E-state index is 2.61. The van der Waals surface area contributed by atoms with Crippen LogP contribution in [0.5, 0.6) is 0 Å². The summed E-state index contributed by atoms with van der Waals surface area (Å²) in [5.41, 5.74) is 5.10. The van der Waals surface area contributed by atoms with Gasteiger partial charge in [-0.15, -0.1) is 12.4 Å². The van der Waals surface area contributed by atoms with Gasteiger partial charge >= 0.3 is 0 Å². The minimum atomic E-state index is 0. The van der Waals surface area contributed by atoms with Crippen molar-refractivity contribution in [1.29, 1.82) is 0 Å². The second-order valence-electron chi connectivity index (χ2n) is 7.99. The molecular formula is C23H37ClN2. The average Bonchev–Trinajstić information content (AvgIpc) is 2.69. The molecule has 2 nitrogen and oxygen atoms in total. The summed E-state index contributed by atoms with van der Waals surface area (Å²) < 4.78 is 0. The van der Waals surface area contributed by atoms with Crippen LogP contribution in [0.2, 0.25) is 0 Å². The monoisotopic (exact) mass is 376 g/mol. The Balaban J connectivity index is 0.00000243. The largest absolute Gasteiger partial charge is 0.368 e. The van der Waals surface area contributed by atoms with Gasteiger partial charge in [-0.05, 0) is 49.3 Å². The number of rotatable bonds is 6. The van der Waals surface area contributed by atoms with Gasteiger partial charge in [0.15, 0.2) is 0 Å². The van der Waals surface area contributed by atoms with Gasteiger partial charge in [0.25, 0.3) is 0 Å². The third-order valence-electron chi connectivity index (χ3n) is 6.71. The standard InChI is InChI=1S/C23H36N2.ClH/c1-4-15-24-16-18-25(19-17-24)22-10-8-7-9-21(22)20-11-13-23(5-2,6-3)14-12-20;/h7-11H,4-6,12-19H2,1-3H3;1H. The fourth-order valence-electron chi connectivity index (χ4n) is 4.63. The molecule has 0 amide bonds. The average molecular weight is 377 g/mol. The summed E-state index contributed by atoms with van der Waals surface area (Å²) in [6.45, 7) is 13.0. The topological polar surface area (TPSA) is 6.48 Å². The van der Waals surface area contributed by atoms with E-state index >= 15 is 0 Å². The molecule has 1 aliphatic carbocycles. The number of para-hydroxylation sites is 1. The van der Waals surface area contributed by atoms with Gasteiger partial charge in [-0.25, -0.2) is 0 Å². The van der Waals surface area contributed by atoms with Crippen LogP contribution in [0.1, 0.15) is 64.9 Å². The van der Waals surface area contributed by atoms with Crippen LogP contribution in [0.3, 0.4) is 0 Å². The zero-order valence-corrected chi connectivity index (χ0v) is 17.8. The minimum Gasteiger partial charge on any atom is -0.368 e. The Labute approximate surface area is 167 Å². The lowest BCUT2D eigenvalue weighted by Crippen LogP contribution is -2.46. The number of piperazine rings is 1. The van der Waals surface area contributed by atoms with E-state index in [4.69, 9.17) is 0 Å². The van der Waals surface area contributed by atoms with E-state index < -0.39 is 0 Å². The molecule has 1 aliphatic heterocycles. The van der Waals surface area contributed by atoms with Gasteiger partial charge < -0.3 is 4.90 Å². The number of anilines is 1. The maximum Gasteiger partial charge on any atom is 0.0443 e. The predicted molar refractivity (Wildman–Crippen MR) is 117 cm³/mol. The smallest absolute Gasteiger partial charge is 0.0443 e. The van der Waals surface area contributed by atoms with E-state index in [9.17, 15) is 0 Å². The van der Waals surface area contributed by atoms with E-state index in [2.05, 4.69) is 60.9 Å². The van der Waals surface area contributed by atoms with Crippen LogP contribution in [0, 0.1) is 5.41 Å². The van der Waals surface area contributed by atoms with Crippen molar-refractivity contribution < 1.29 is 0 Å². The van der Waals surface area contributed by atoms with Gasteiger partial charge in [0.05, 0.1) is 0 Å². The van der Waals surface area contributed by atoms with E-state index in [1.54, 1.807) is 5.57 Å². The molecule has 1 saturated heterocycles. The van der Waals surface area contributed by atoms with Crippen LogP contribution < -0.4 is 4.90 Å². The van der Waals surface area contributed by atoms with Crippen LogP contribution in [0.15, 0.2) is 30.3 Å². The molecule has 0 radical (unpaired) electrons. The second kappa shape index (κ2) is 9.80. The molecule has 0 spiro atoms. The number of allylic oxidation sites excluding steroid dienone is 2. The molecule has 2 aliphatic rings. The molecule has 1 aromatic carbocycles. The van der Waals surface area contributed by atoms with Gasteiger partial charge in [0.2, 0.25) is 0 Å². The molecule has 26 heavy (non-hydrogen) atoms. The normalized spacial score (nSPS) is 20.4. The number of benzene rings is 1. The van der Waals surface area contributed by atoms with Gasteiger partial charge in [0.1, 0.15) is 0 Å². The van der Waals surface area contributed by atoms with E-state index in [1.807, 2.05) is 0 Å². The van der Waals surface area contributed by atoms with E-state index in [0.29, 0.717) is 5.41 Å². The number of halogens is 1. The molecule has 0 atom stereocenters. The van der Waals surface area contributed by atoms with Crippen molar-refractivity contribution in [2.24, 2.45) is 5.41 Å². The van der Waals surface area contributed by atoms with E-state index in [0.717, 1.165) is 13.1 Å². The molecule has 1 fully saturated rings. The number of nitrogens with zero attached hydrogens (tertiary/aromatic N) is 2. The predicted octanol–water partition coefficient (Wildman–Crippen LogP) is 6.01. The minimum absolute atomic E-state index is 0. The van der Waals surface area contributed by atoms with E-state index in [1.165, 1.54) is 69.4 Å². The first-order chi connectivity index (χ1) is 12.2. The first kappa shape index (κ1) is 21.3. The highest BCUT2D eigenvalue weighted by molar-refractivity contribution is 5.85. The van der Waals surface area contributed by atoms with Crippen molar-refractivity contribution in [3.05, 3.63) is 35.9 Å². The zero-order chi connectivity index (χ0) is 17.7. The van der Waals surface area contributed by atoms with Crippen molar-refractivity contribution in [1.82, 2.24) is 4.90 Å². The molecule has 146 valence electrons. The summed E-state index contributed by atoms with van der Waals surface area (Å²) in [4.78, 5) is 5.22. The Morgan fingerprint density at radius 3 is 2.23 bits per heavy atom. The molecule has 0 aromatic heterocycles. The van der Waals surface area contributed by atoms with E-state index in [-0.39, 0.29) is 12.4 Å². The molecule has 1 heterocycles. The first-order valence-corrected chi connectivity index (χ1v) is 10.5. The Bertz CT molecular complexity index is 584. The second-order valence-corrected chi connectivity index (χ2v) is 7.99. The molecule has 1 aromatic rings. The third kappa shape index (κ3) is 4.64. The van der Waals surface area contributed by atoms with Crippen molar-refractivity contribution in [2.45, 2.75) is 59.3 Å². The van der Waals surface area contributed by atoms with Gasteiger partial charge in [-0.2, -0.15) is 0 Å². The van der Waals surface area contributed by atoms with Crippen LogP contribution in [-0.2, 0) is 0 Å². The summed E-state index contributed by atoms with van der Waals surface area (Å²) in [5.74, 6) is 0. The molecule has 0 unspecified atom stereocenters. The fourth-order valence-corrected chi connectivity index (χ4v) is 4.63. The highest BCUT2D eigenvalue weighted by Gasteiger charge is 2.29. The summed E-state index contributed by atoms with van der Waals surface area (Å²) in [6.07, 6.45) is 10.3. The lowest BCUT2D eigenvalue weighted by Gasteiger charge is -2.38. The Hall–Kier alpha value is -0.990. The highest BCUT2D eigenvalue weighted by atomic mass is 35.5. The third-order valence-corrected chi connectivity index (χ3v) is 6.71. The zero-order valence-electron chi connectivity index (χ0n) is 17.0. The van der Waals surface area contributed by atoms with Crippen LogP contribution in [0.4, 0.5) is 5.69 Å². The number of hydrogen-bond donors (Lipinski definition) is 0. The Morgan fingerprint density at radius 1 is 0.962 bits per heavy atom. The maximum absolute atomic E-state index is 2.61. The summed E-state index contributed by atoms with van der Waals surface area (Å²) in [7, 11) is 0. The summed E-state index contributed by atoms with van der Waals surface area (Å²) in [5, 5.41) is 0. The van der Waals surface area contributed by atoms with Gasteiger partial charge in [-0.3, -0.25) is 4.90 Å².